The molecular formula is C10H14N2O3. The molecule has 5 heteroatoms. The van der Waals surface area contributed by atoms with Crippen LogP contribution in [0.1, 0.15) is 17.4 Å². The van der Waals surface area contributed by atoms with Crippen molar-refractivity contribution in [1.82, 2.24) is 10.3 Å². The second-order valence-corrected chi connectivity index (χ2v) is 3.55. The zero-order valence-electron chi connectivity index (χ0n) is 8.47. The molecule has 1 heterocycles. The van der Waals surface area contributed by atoms with Gasteiger partial charge in [0, 0.05) is 12.7 Å². The Labute approximate surface area is 87.8 Å². The van der Waals surface area contributed by atoms with Crippen molar-refractivity contribution in [2.45, 2.75) is 12.5 Å². The van der Waals surface area contributed by atoms with E-state index in [1.807, 2.05) is 0 Å². The van der Waals surface area contributed by atoms with Gasteiger partial charge in [0.2, 0.25) is 0 Å². The van der Waals surface area contributed by atoms with Crippen LogP contribution in [0.3, 0.4) is 0 Å². The van der Waals surface area contributed by atoms with Crippen LogP contribution in [0.2, 0.25) is 0 Å². The molecule has 1 aromatic rings. The predicted molar refractivity (Wildman–Crippen MR) is 54.3 cm³/mol. The predicted octanol–water partition coefficient (Wildman–Crippen LogP) is -0.445. The second-order valence-electron chi connectivity index (χ2n) is 3.55. The summed E-state index contributed by atoms with van der Waals surface area (Å²) in [7, 11) is 0. The van der Waals surface area contributed by atoms with Gasteiger partial charge < -0.3 is 15.5 Å². The lowest BCUT2D eigenvalue weighted by atomic mass is 10.1. The van der Waals surface area contributed by atoms with Crippen LogP contribution in [0.25, 0.3) is 0 Å². The number of nitrogens with zero attached hydrogens (tertiary/aromatic N) is 1. The van der Waals surface area contributed by atoms with Crippen LogP contribution in [0.15, 0.2) is 24.4 Å². The highest BCUT2D eigenvalue weighted by atomic mass is 16.3. The number of rotatable bonds is 4. The number of pyridine rings is 1. The summed E-state index contributed by atoms with van der Waals surface area (Å²) >= 11 is 0. The molecule has 1 unspecified atom stereocenters. The van der Waals surface area contributed by atoms with Crippen LogP contribution in [-0.4, -0.2) is 39.9 Å². The van der Waals surface area contributed by atoms with E-state index in [0.717, 1.165) is 0 Å². The number of hydrogen-bond acceptors (Lipinski definition) is 4. The van der Waals surface area contributed by atoms with Crippen molar-refractivity contribution in [3.63, 3.8) is 0 Å². The van der Waals surface area contributed by atoms with E-state index >= 15 is 0 Å². The molecular weight excluding hydrogens is 196 g/mol. The van der Waals surface area contributed by atoms with E-state index < -0.39 is 12.2 Å². The van der Waals surface area contributed by atoms with Gasteiger partial charge in [-0.05, 0) is 19.1 Å². The van der Waals surface area contributed by atoms with Gasteiger partial charge in [0.05, 0.1) is 6.61 Å². The Morgan fingerprint density at radius 2 is 2.33 bits per heavy atom. The summed E-state index contributed by atoms with van der Waals surface area (Å²) in [6, 6.07) is 4.98. The number of carbonyl (C=O) groups is 1. The largest absolute Gasteiger partial charge is 0.393 e. The number of hydrogen-bond donors (Lipinski definition) is 3. The van der Waals surface area contributed by atoms with Crippen molar-refractivity contribution < 1.29 is 15.0 Å². The van der Waals surface area contributed by atoms with Crippen molar-refractivity contribution in [2.75, 3.05) is 13.2 Å². The van der Waals surface area contributed by atoms with E-state index in [-0.39, 0.29) is 18.1 Å². The minimum Gasteiger partial charge on any atom is -0.393 e. The summed E-state index contributed by atoms with van der Waals surface area (Å²) in [4.78, 5) is 15.3. The Morgan fingerprint density at radius 3 is 2.87 bits per heavy atom. The highest BCUT2D eigenvalue weighted by Crippen LogP contribution is 2.00. The maximum Gasteiger partial charge on any atom is 0.269 e. The molecule has 0 aliphatic carbocycles. The smallest absolute Gasteiger partial charge is 0.269 e. The summed E-state index contributed by atoms with van der Waals surface area (Å²) < 4.78 is 0. The van der Waals surface area contributed by atoms with Crippen molar-refractivity contribution in [1.29, 1.82) is 0 Å². The van der Waals surface area contributed by atoms with Crippen LogP contribution in [0.5, 0.6) is 0 Å². The van der Waals surface area contributed by atoms with Gasteiger partial charge >= 0.3 is 0 Å². The van der Waals surface area contributed by atoms with E-state index in [1.165, 1.54) is 13.1 Å². The zero-order chi connectivity index (χ0) is 11.3. The molecule has 1 amide bonds. The Bertz CT molecular complexity index is 325. The Balaban J connectivity index is 2.51. The molecule has 82 valence electrons. The SMILES string of the molecule is CC(O)(CO)CNC(=O)c1ccccn1. The Kier molecular flexibility index (Phi) is 3.76. The van der Waals surface area contributed by atoms with E-state index in [4.69, 9.17) is 5.11 Å². The van der Waals surface area contributed by atoms with E-state index in [0.29, 0.717) is 0 Å². The molecule has 0 bridgehead atoms. The average molecular weight is 210 g/mol. The molecule has 0 radical (unpaired) electrons. The van der Waals surface area contributed by atoms with Gasteiger partial charge in [-0.2, -0.15) is 0 Å². The van der Waals surface area contributed by atoms with Gasteiger partial charge in [-0.15, -0.1) is 0 Å². The van der Waals surface area contributed by atoms with Crippen LogP contribution >= 0.6 is 0 Å². The van der Waals surface area contributed by atoms with E-state index in [1.54, 1.807) is 18.2 Å². The number of aliphatic hydroxyl groups excluding tert-OH is 1. The first-order valence-electron chi connectivity index (χ1n) is 4.58. The fourth-order valence-corrected chi connectivity index (χ4v) is 0.914. The number of aromatic nitrogens is 1. The maximum atomic E-state index is 11.4. The van der Waals surface area contributed by atoms with Crippen LogP contribution in [0.4, 0.5) is 0 Å². The molecule has 0 aliphatic rings. The molecule has 0 saturated heterocycles. The summed E-state index contributed by atoms with van der Waals surface area (Å²) in [6.45, 7) is 1.01. The summed E-state index contributed by atoms with van der Waals surface area (Å²) in [5, 5.41) is 20.7. The van der Waals surface area contributed by atoms with Gasteiger partial charge in [0.15, 0.2) is 0 Å². The third kappa shape index (κ3) is 3.65. The molecule has 5 nitrogen and oxygen atoms in total. The minimum absolute atomic E-state index is 0.0150. The monoisotopic (exact) mass is 210 g/mol. The molecule has 0 saturated carbocycles. The zero-order valence-corrected chi connectivity index (χ0v) is 8.47. The van der Waals surface area contributed by atoms with Crippen LogP contribution in [0, 0.1) is 0 Å². The van der Waals surface area contributed by atoms with Gasteiger partial charge in [-0.3, -0.25) is 9.78 Å². The Morgan fingerprint density at radius 1 is 1.60 bits per heavy atom. The molecule has 3 N–H and O–H groups in total. The molecule has 1 aromatic heterocycles. The van der Waals surface area contributed by atoms with Crippen LogP contribution < -0.4 is 5.32 Å². The van der Waals surface area contributed by atoms with E-state index in [9.17, 15) is 9.90 Å². The molecule has 1 rings (SSSR count). The lowest BCUT2D eigenvalue weighted by Crippen LogP contribution is -2.43. The third-order valence-electron chi connectivity index (χ3n) is 1.87. The average Bonchev–Trinajstić information content (AvgIpc) is 2.27. The first-order valence-corrected chi connectivity index (χ1v) is 4.58. The molecule has 0 fully saturated rings. The van der Waals surface area contributed by atoms with Crippen molar-refractivity contribution in [2.24, 2.45) is 0 Å². The molecule has 15 heavy (non-hydrogen) atoms. The molecule has 0 spiro atoms. The first-order chi connectivity index (χ1) is 7.05. The number of nitrogens with one attached hydrogen (secondary N) is 1. The number of carbonyl (C=O) groups excluding carboxylic acids is 1. The Hall–Kier alpha value is -1.46. The third-order valence-corrected chi connectivity index (χ3v) is 1.87. The molecule has 1 atom stereocenters. The van der Waals surface area contributed by atoms with Crippen molar-refractivity contribution in [3.05, 3.63) is 30.1 Å². The van der Waals surface area contributed by atoms with E-state index in [2.05, 4.69) is 10.3 Å². The van der Waals surface area contributed by atoms with Gasteiger partial charge in [-0.25, -0.2) is 0 Å². The molecule has 0 aliphatic heterocycles. The highest BCUT2D eigenvalue weighted by molar-refractivity contribution is 5.92. The lowest BCUT2D eigenvalue weighted by Gasteiger charge is -2.20. The van der Waals surface area contributed by atoms with Gasteiger partial charge in [0.1, 0.15) is 11.3 Å². The van der Waals surface area contributed by atoms with Crippen molar-refractivity contribution >= 4 is 5.91 Å². The quantitative estimate of drug-likeness (QED) is 0.629. The first kappa shape index (κ1) is 11.6. The summed E-state index contributed by atoms with van der Waals surface area (Å²) in [5.41, 5.74) is -1.02. The number of aliphatic hydroxyl groups is 2. The topological polar surface area (TPSA) is 82.5 Å². The fraction of sp³-hybridized carbons (Fsp3) is 0.400. The summed E-state index contributed by atoms with van der Waals surface area (Å²) in [6.07, 6.45) is 1.51. The number of amides is 1. The standard InChI is InChI=1S/C10H14N2O3/c1-10(15,7-13)6-12-9(14)8-4-2-3-5-11-8/h2-5,13,15H,6-7H2,1H3,(H,12,14). The van der Waals surface area contributed by atoms with Crippen LogP contribution in [-0.2, 0) is 0 Å². The van der Waals surface area contributed by atoms with Crippen molar-refractivity contribution in [3.8, 4) is 0 Å². The highest BCUT2D eigenvalue weighted by Gasteiger charge is 2.20. The second kappa shape index (κ2) is 4.86. The molecule has 0 aromatic carbocycles. The fourth-order valence-electron chi connectivity index (χ4n) is 0.914. The maximum absolute atomic E-state index is 11.4. The van der Waals surface area contributed by atoms with Gasteiger partial charge in [0.25, 0.3) is 5.91 Å². The lowest BCUT2D eigenvalue weighted by molar-refractivity contribution is 0.00316. The van der Waals surface area contributed by atoms with Gasteiger partial charge in [-0.1, -0.05) is 6.07 Å². The normalized spacial score (nSPS) is 14.3. The minimum atomic E-state index is -1.30. The summed E-state index contributed by atoms with van der Waals surface area (Å²) in [5.74, 6) is -0.371.